The molecule has 0 aromatic carbocycles. The maximum atomic E-state index is 12.5. The van der Waals surface area contributed by atoms with E-state index in [2.05, 4.69) is 44.8 Å². The lowest BCUT2D eigenvalue weighted by molar-refractivity contribution is -0.131. The highest BCUT2D eigenvalue weighted by molar-refractivity contribution is 5.91. The highest BCUT2D eigenvalue weighted by Gasteiger charge is 2.58. The minimum atomic E-state index is -0.154. The van der Waals surface area contributed by atoms with Crippen LogP contribution in [0.4, 0.5) is 0 Å². The molecule has 0 bridgehead atoms. The van der Waals surface area contributed by atoms with Crippen LogP contribution in [0.2, 0.25) is 0 Å². The molecule has 0 aromatic heterocycles. The number of amides is 1. The number of hydrogen-bond donors (Lipinski definition) is 1. The van der Waals surface area contributed by atoms with Gasteiger partial charge in [-0.3, -0.25) is 10.1 Å². The molecule has 2 aliphatic rings. The van der Waals surface area contributed by atoms with Crippen molar-refractivity contribution in [3.05, 3.63) is 0 Å². The summed E-state index contributed by atoms with van der Waals surface area (Å²) in [6.07, 6.45) is 3.34. The van der Waals surface area contributed by atoms with Gasteiger partial charge in [-0.15, -0.1) is 0 Å². The van der Waals surface area contributed by atoms with Gasteiger partial charge in [0.05, 0.1) is 11.7 Å². The van der Waals surface area contributed by atoms with Crippen LogP contribution in [-0.2, 0) is 4.79 Å². The van der Waals surface area contributed by atoms with E-state index in [1.165, 1.54) is 0 Å². The Hall–Kier alpha value is -0.570. The summed E-state index contributed by atoms with van der Waals surface area (Å²) in [6, 6.07) is 0. The fourth-order valence-electron chi connectivity index (χ4n) is 3.31. The largest absolute Gasteiger partial charge is 0.325 e. The Morgan fingerprint density at radius 3 is 2.22 bits per heavy atom. The molecule has 104 valence electrons. The van der Waals surface area contributed by atoms with Gasteiger partial charge in [0.1, 0.15) is 0 Å². The highest BCUT2D eigenvalue weighted by atomic mass is 16.2. The summed E-state index contributed by atoms with van der Waals surface area (Å²) < 4.78 is 0. The van der Waals surface area contributed by atoms with Crippen LogP contribution < -0.4 is 5.32 Å². The Labute approximate surface area is 111 Å². The van der Waals surface area contributed by atoms with Crippen molar-refractivity contribution >= 4 is 5.91 Å². The number of rotatable bonds is 5. The molecule has 1 unspecified atom stereocenters. The van der Waals surface area contributed by atoms with E-state index in [9.17, 15) is 4.79 Å². The molecule has 1 aliphatic carbocycles. The molecule has 1 atom stereocenters. The number of carbonyl (C=O) groups excluding carboxylic acids is 1. The summed E-state index contributed by atoms with van der Waals surface area (Å²) >= 11 is 0. The Morgan fingerprint density at radius 2 is 1.83 bits per heavy atom. The molecule has 18 heavy (non-hydrogen) atoms. The van der Waals surface area contributed by atoms with Crippen molar-refractivity contribution in [2.75, 3.05) is 6.54 Å². The van der Waals surface area contributed by atoms with Crippen LogP contribution in [0.15, 0.2) is 0 Å². The summed E-state index contributed by atoms with van der Waals surface area (Å²) in [5.74, 6) is 2.22. The molecular weight excluding hydrogens is 224 g/mol. The van der Waals surface area contributed by atoms with Gasteiger partial charge in [0.2, 0.25) is 5.91 Å². The van der Waals surface area contributed by atoms with Gasteiger partial charge in [-0.1, -0.05) is 34.6 Å². The van der Waals surface area contributed by atoms with E-state index in [-0.39, 0.29) is 11.7 Å². The SMILES string of the molecule is CCC1NC2(CC2)C(=O)N1CC(C(C)C)C(C)C. The average Bonchev–Trinajstić information content (AvgIpc) is 3.01. The summed E-state index contributed by atoms with van der Waals surface area (Å²) in [5.41, 5.74) is -0.154. The first-order valence-electron chi connectivity index (χ1n) is 7.50. The third-order valence-corrected chi connectivity index (χ3v) is 4.75. The molecule has 0 aromatic rings. The monoisotopic (exact) mass is 252 g/mol. The molecule has 0 radical (unpaired) electrons. The lowest BCUT2D eigenvalue weighted by Crippen LogP contribution is -2.42. The second kappa shape index (κ2) is 4.84. The zero-order valence-electron chi connectivity index (χ0n) is 12.5. The van der Waals surface area contributed by atoms with E-state index < -0.39 is 0 Å². The van der Waals surface area contributed by atoms with Crippen molar-refractivity contribution in [3.8, 4) is 0 Å². The quantitative estimate of drug-likeness (QED) is 0.816. The number of carbonyl (C=O) groups is 1. The number of nitrogens with zero attached hydrogens (tertiary/aromatic N) is 1. The smallest absolute Gasteiger partial charge is 0.244 e. The van der Waals surface area contributed by atoms with Crippen LogP contribution in [0.1, 0.15) is 53.9 Å². The van der Waals surface area contributed by atoms with Gasteiger partial charge in [-0.25, -0.2) is 0 Å². The molecule has 1 saturated heterocycles. The minimum absolute atomic E-state index is 0.154. The van der Waals surface area contributed by atoms with Gasteiger partial charge in [0, 0.05) is 6.54 Å². The van der Waals surface area contributed by atoms with E-state index >= 15 is 0 Å². The summed E-state index contributed by atoms with van der Waals surface area (Å²) in [4.78, 5) is 14.6. The number of nitrogens with one attached hydrogen (secondary N) is 1. The van der Waals surface area contributed by atoms with Gasteiger partial charge in [-0.2, -0.15) is 0 Å². The Morgan fingerprint density at radius 1 is 1.28 bits per heavy atom. The van der Waals surface area contributed by atoms with Gasteiger partial charge in [0.25, 0.3) is 0 Å². The molecule has 2 fully saturated rings. The molecule has 2 rings (SSSR count). The van der Waals surface area contributed by atoms with Crippen LogP contribution in [0, 0.1) is 17.8 Å². The molecule has 1 aliphatic heterocycles. The molecule has 1 amide bonds. The Bertz CT molecular complexity index is 312. The van der Waals surface area contributed by atoms with Gasteiger partial charge < -0.3 is 4.90 Å². The zero-order valence-corrected chi connectivity index (χ0v) is 12.5. The lowest BCUT2D eigenvalue weighted by atomic mass is 9.85. The predicted octanol–water partition coefficient (Wildman–Crippen LogP) is 2.62. The molecule has 1 heterocycles. The summed E-state index contributed by atoms with van der Waals surface area (Å²) in [6.45, 7) is 12.2. The van der Waals surface area contributed by atoms with Crippen LogP contribution in [0.25, 0.3) is 0 Å². The van der Waals surface area contributed by atoms with Crippen molar-refractivity contribution in [1.29, 1.82) is 0 Å². The molecule has 1 N–H and O–H groups in total. The fourth-order valence-corrected chi connectivity index (χ4v) is 3.31. The van der Waals surface area contributed by atoms with E-state index in [1.807, 2.05) is 0 Å². The van der Waals surface area contributed by atoms with Gasteiger partial charge >= 0.3 is 0 Å². The standard InChI is InChI=1S/C15H28N2O/c1-6-13-16-15(7-8-15)14(18)17(13)9-12(10(2)3)11(4)5/h10-13,16H,6-9H2,1-5H3. The van der Waals surface area contributed by atoms with Crippen LogP contribution in [-0.4, -0.2) is 29.1 Å². The van der Waals surface area contributed by atoms with E-state index in [0.29, 0.717) is 23.7 Å². The first-order valence-corrected chi connectivity index (χ1v) is 7.50. The third-order valence-electron chi connectivity index (χ3n) is 4.75. The second-order valence-electron chi connectivity index (χ2n) is 6.76. The van der Waals surface area contributed by atoms with Gasteiger partial charge in [-0.05, 0) is 37.0 Å². The van der Waals surface area contributed by atoms with E-state index in [0.717, 1.165) is 25.8 Å². The average molecular weight is 252 g/mol. The first-order chi connectivity index (χ1) is 8.41. The maximum absolute atomic E-state index is 12.5. The molecule has 3 nitrogen and oxygen atoms in total. The molecule has 1 spiro atoms. The topological polar surface area (TPSA) is 32.3 Å². The lowest BCUT2D eigenvalue weighted by Gasteiger charge is -2.32. The van der Waals surface area contributed by atoms with Crippen molar-refractivity contribution in [2.24, 2.45) is 17.8 Å². The van der Waals surface area contributed by atoms with Crippen molar-refractivity contribution in [2.45, 2.75) is 65.6 Å². The Balaban J connectivity index is 2.08. The highest BCUT2D eigenvalue weighted by Crippen LogP contribution is 2.43. The third kappa shape index (κ3) is 2.29. The van der Waals surface area contributed by atoms with Crippen LogP contribution in [0.5, 0.6) is 0 Å². The minimum Gasteiger partial charge on any atom is -0.325 e. The summed E-state index contributed by atoms with van der Waals surface area (Å²) in [5, 5.41) is 3.55. The fraction of sp³-hybridized carbons (Fsp3) is 0.933. The van der Waals surface area contributed by atoms with Crippen molar-refractivity contribution in [3.63, 3.8) is 0 Å². The summed E-state index contributed by atoms with van der Waals surface area (Å²) in [7, 11) is 0. The Kier molecular flexibility index (Phi) is 3.72. The molecule has 1 saturated carbocycles. The van der Waals surface area contributed by atoms with E-state index in [1.54, 1.807) is 0 Å². The maximum Gasteiger partial charge on any atom is 0.244 e. The van der Waals surface area contributed by atoms with Crippen molar-refractivity contribution in [1.82, 2.24) is 10.2 Å². The van der Waals surface area contributed by atoms with E-state index in [4.69, 9.17) is 0 Å². The van der Waals surface area contributed by atoms with Gasteiger partial charge in [0.15, 0.2) is 0 Å². The normalized spacial score (nSPS) is 26.1. The first kappa shape index (κ1) is 13.9. The second-order valence-corrected chi connectivity index (χ2v) is 6.76. The predicted molar refractivity (Wildman–Crippen MR) is 74.1 cm³/mol. The molecular formula is C15H28N2O. The number of hydrogen-bond acceptors (Lipinski definition) is 2. The molecule has 3 heteroatoms. The van der Waals surface area contributed by atoms with Crippen LogP contribution >= 0.6 is 0 Å². The van der Waals surface area contributed by atoms with Crippen LogP contribution in [0.3, 0.4) is 0 Å². The van der Waals surface area contributed by atoms with Crippen molar-refractivity contribution < 1.29 is 4.79 Å². The zero-order chi connectivity index (χ0) is 13.5.